The molecule has 0 fully saturated rings. The Labute approximate surface area is 99.5 Å². The molecule has 0 spiro atoms. The molecule has 0 saturated heterocycles. The fourth-order valence-electron chi connectivity index (χ4n) is 1.25. The van der Waals surface area contributed by atoms with Crippen molar-refractivity contribution in [2.24, 2.45) is 0 Å². The van der Waals surface area contributed by atoms with Crippen molar-refractivity contribution >= 4 is 11.6 Å². The molecule has 3 nitrogen and oxygen atoms in total. The maximum atomic E-state index is 12.8. The number of nitrogens with one attached hydrogen (secondary N) is 1. The lowest BCUT2D eigenvalue weighted by Crippen LogP contribution is -2.29. The zero-order chi connectivity index (χ0) is 12.0. The third-order valence-corrected chi connectivity index (χ3v) is 2.52. The van der Waals surface area contributed by atoms with Crippen LogP contribution in [-0.2, 0) is 16.0 Å². The monoisotopic (exact) mass is 247 g/mol. The lowest BCUT2D eigenvalue weighted by Gasteiger charge is -2.14. The van der Waals surface area contributed by atoms with Crippen LogP contribution in [-0.4, -0.2) is 27.1 Å². The first-order chi connectivity index (χ1) is 7.67. The Morgan fingerprint density at radius 3 is 2.62 bits per heavy atom. The highest BCUT2D eigenvalue weighted by Crippen LogP contribution is 2.16. The van der Waals surface area contributed by atoms with Crippen LogP contribution in [0.3, 0.4) is 0 Å². The number of hydrogen-bond acceptors (Lipinski definition) is 3. The van der Waals surface area contributed by atoms with Gasteiger partial charge in [0.25, 0.3) is 0 Å². The Bertz CT molecular complexity index is 332. The Morgan fingerprint density at radius 2 is 2.06 bits per heavy atom. The number of halogens is 2. The van der Waals surface area contributed by atoms with Crippen LogP contribution in [0.25, 0.3) is 0 Å². The molecule has 0 aromatic heterocycles. The van der Waals surface area contributed by atoms with E-state index in [1.165, 1.54) is 12.1 Å². The zero-order valence-electron chi connectivity index (χ0n) is 9.30. The molecular weight excluding hydrogens is 233 g/mol. The van der Waals surface area contributed by atoms with Gasteiger partial charge in [0.2, 0.25) is 0 Å². The van der Waals surface area contributed by atoms with E-state index >= 15 is 0 Å². The summed E-state index contributed by atoms with van der Waals surface area (Å²) in [4.78, 5) is 0. The topological polar surface area (TPSA) is 30.5 Å². The summed E-state index contributed by atoms with van der Waals surface area (Å²) >= 11 is 5.87. The van der Waals surface area contributed by atoms with E-state index in [1.807, 2.05) is 0 Å². The Balaban J connectivity index is 2.42. The second kappa shape index (κ2) is 6.81. The van der Waals surface area contributed by atoms with Gasteiger partial charge in [-0.15, -0.1) is 0 Å². The van der Waals surface area contributed by atoms with Gasteiger partial charge in [-0.05, 0) is 17.7 Å². The molecule has 0 bridgehead atoms. The maximum Gasteiger partial charge on any atom is 0.169 e. The Morgan fingerprint density at radius 1 is 1.38 bits per heavy atom. The van der Waals surface area contributed by atoms with E-state index in [2.05, 4.69) is 5.32 Å². The molecule has 90 valence electrons. The standard InChI is InChI=1S/C11H15ClFNO2/c1-15-11(16-2)7-14-6-8-3-4-9(13)5-10(8)12/h3-5,11,14H,6-7H2,1-2H3. The summed E-state index contributed by atoms with van der Waals surface area (Å²) in [5.74, 6) is -0.333. The molecule has 1 N–H and O–H groups in total. The molecule has 0 heterocycles. The second-order valence-electron chi connectivity index (χ2n) is 3.27. The van der Waals surface area contributed by atoms with Crippen LogP contribution in [0, 0.1) is 5.82 Å². The van der Waals surface area contributed by atoms with Crippen molar-refractivity contribution in [2.75, 3.05) is 20.8 Å². The molecule has 0 aliphatic rings. The molecule has 0 atom stereocenters. The highest BCUT2D eigenvalue weighted by molar-refractivity contribution is 6.31. The molecule has 0 saturated carbocycles. The SMILES string of the molecule is COC(CNCc1ccc(F)cc1Cl)OC. The zero-order valence-corrected chi connectivity index (χ0v) is 10.1. The molecule has 0 unspecified atom stereocenters. The van der Waals surface area contributed by atoms with Gasteiger partial charge in [-0.3, -0.25) is 0 Å². The highest BCUT2D eigenvalue weighted by atomic mass is 35.5. The van der Waals surface area contributed by atoms with Crippen molar-refractivity contribution < 1.29 is 13.9 Å². The number of ether oxygens (including phenoxy) is 2. The number of hydrogen-bond donors (Lipinski definition) is 1. The van der Waals surface area contributed by atoms with Gasteiger partial charge in [-0.2, -0.15) is 0 Å². The molecular formula is C11H15ClFNO2. The van der Waals surface area contributed by atoms with Crippen LogP contribution >= 0.6 is 11.6 Å². The van der Waals surface area contributed by atoms with E-state index < -0.39 is 0 Å². The van der Waals surface area contributed by atoms with E-state index in [4.69, 9.17) is 21.1 Å². The summed E-state index contributed by atoms with van der Waals surface area (Å²) in [6, 6.07) is 4.33. The van der Waals surface area contributed by atoms with E-state index in [0.717, 1.165) is 5.56 Å². The minimum absolute atomic E-state index is 0.292. The highest BCUT2D eigenvalue weighted by Gasteiger charge is 2.05. The molecule has 0 radical (unpaired) electrons. The van der Waals surface area contributed by atoms with E-state index in [1.54, 1.807) is 20.3 Å². The van der Waals surface area contributed by atoms with Gasteiger partial charge in [0, 0.05) is 32.3 Å². The molecule has 5 heteroatoms. The van der Waals surface area contributed by atoms with Crippen molar-refractivity contribution in [1.82, 2.24) is 5.32 Å². The molecule has 1 rings (SSSR count). The Hall–Kier alpha value is -0.680. The van der Waals surface area contributed by atoms with Crippen LogP contribution in [0.5, 0.6) is 0 Å². The van der Waals surface area contributed by atoms with Crippen LogP contribution in [0.1, 0.15) is 5.56 Å². The van der Waals surface area contributed by atoms with E-state index in [0.29, 0.717) is 18.1 Å². The second-order valence-corrected chi connectivity index (χ2v) is 3.67. The summed E-state index contributed by atoms with van der Waals surface area (Å²) in [7, 11) is 3.14. The number of rotatable bonds is 6. The van der Waals surface area contributed by atoms with Crippen molar-refractivity contribution in [2.45, 2.75) is 12.8 Å². The van der Waals surface area contributed by atoms with Gasteiger partial charge in [-0.1, -0.05) is 17.7 Å². The largest absolute Gasteiger partial charge is 0.355 e. The first-order valence-electron chi connectivity index (χ1n) is 4.87. The average molecular weight is 248 g/mol. The predicted molar refractivity (Wildman–Crippen MR) is 60.9 cm³/mol. The molecule has 0 amide bonds. The normalized spacial score (nSPS) is 11.1. The van der Waals surface area contributed by atoms with Gasteiger partial charge < -0.3 is 14.8 Å². The summed E-state index contributed by atoms with van der Waals surface area (Å²) < 4.78 is 22.8. The summed E-state index contributed by atoms with van der Waals surface area (Å²) in [6.45, 7) is 1.09. The first kappa shape index (κ1) is 13.4. The van der Waals surface area contributed by atoms with Crippen molar-refractivity contribution in [3.05, 3.63) is 34.6 Å². The van der Waals surface area contributed by atoms with Crippen LogP contribution in [0.15, 0.2) is 18.2 Å². The molecule has 0 aliphatic heterocycles. The minimum Gasteiger partial charge on any atom is -0.355 e. The van der Waals surface area contributed by atoms with Crippen LogP contribution < -0.4 is 5.32 Å². The van der Waals surface area contributed by atoms with Crippen molar-refractivity contribution in [3.63, 3.8) is 0 Å². The van der Waals surface area contributed by atoms with Crippen molar-refractivity contribution in [1.29, 1.82) is 0 Å². The lowest BCUT2D eigenvalue weighted by atomic mass is 10.2. The fourth-order valence-corrected chi connectivity index (χ4v) is 1.49. The lowest BCUT2D eigenvalue weighted by molar-refractivity contribution is -0.0989. The minimum atomic E-state index is -0.333. The van der Waals surface area contributed by atoms with E-state index in [-0.39, 0.29) is 12.1 Å². The first-order valence-corrected chi connectivity index (χ1v) is 5.25. The van der Waals surface area contributed by atoms with Gasteiger partial charge in [-0.25, -0.2) is 4.39 Å². The van der Waals surface area contributed by atoms with E-state index in [9.17, 15) is 4.39 Å². The third-order valence-electron chi connectivity index (χ3n) is 2.17. The summed E-state index contributed by atoms with van der Waals surface area (Å²) in [5.41, 5.74) is 0.842. The maximum absolute atomic E-state index is 12.8. The van der Waals surface area contributed by atoms with Crippen LogP contribution in [0.4, 0.5) is 4.39 Å². The van der Waals surface area contributed by atoms with Gasteiger partial charge in [0.15, 0.2) is 6.29 Å². The van der Waals surface area contributed by atoms with Gasteiger partial charge in [0.05, 0.1) is 0 Å². The summed E-state index contributed by atoms with van der Waals surface area (Å²) in [6.07, 6.45) is -0.292. The van der Waals surface area contributed by atoms with Gasteiger partial charge >= 0.3 is 0 Å². The molecule has 1 aromatic rings. The van der Waals surface area contributed by atoms with Gasteiger partial charge in [0.1, 0.15) is 5.82 Å². The quantitative estimate of drug-likeness (QED) is 0.782. The predicted octanol–water partition coefficient (Wildman–Crippen LogP) is 2.19. The number of methoxy groups -OCH3 is 2. The molecule has 16 heavy (non-hydrogen) atoms. The summed E-state index contributed by atoms with van der Waals surface area (Å²) in [5, 5.41) is 3.52. The average Bonchev–Trinajstić information content (AvgIpc) is 2.27. The molecule has 1 aromatic carbocycles. The Kier molecular flexibility index (Phi) is 5.69. The third kappa shape index (κ3) is 4.06. The van der Waals surface area contributed by atoms with Crippen LogP contribution in [0.2, 0.25) is 5.02 Å². The smallest absolute Gasteiger partial charge is 0.169 e. The number of benzene rings is 1. The fraction of sp³-hybridized carbons (Fsp3) is 0.455. The molecule has 0 aliphatic carbocycles. The van der Waals surface area contributed by atoms with Crippen molar-refractivity contribution in [3.8, 4) is 0 Å².